The molecule has 4 aromatic rings. The fourth-order valence-corrected chi connectivity index (χ4v) is 4.39. The molecule has 1 aliphatic heterocycles. The van der Waals surface area contributed by atoms with Crippen molar-refractivity contribution in [2.45, 2.75) is 25.1 Å². The summed E-state index contributed by atoms with van der Waals surface area (Å²) in [5, 5.41) is 13.2. The first-order valence-corrected chi connectivity index (χ1v) is 10.9. The van der Waals surface area contributed by atoms with Crippen molar-refractivity contribution in [2.24, 2.45) is 5.92 Å². The molecule has 4 heterocycles. The SMILES string of the molecule is O=C(Nc1cn2cc(-c3c(Cl)c(F)c(NC4CCOC4)c4[nH]ncc34)ncc2n1)[C@@H]1C[C@@H]1F. The highest BCUT2D eigenvalue weighted by Crippen LogP contribution is 2.41. The van der Waals surface area contributed by atoms with Crippen LogP contribution in [0.1, 0.15) is 12.8 Å². The Morgan fingerprint density at radius 2 is 2.18 bits per heavy atom. The van der Waals surface area contributed by atoms with E-state index in [4.69, 9.17) is 16.3 Å². The molecule has 1 amide bonds. The van der Waals surface area contributed by atoms with Crippen molar-refractivity contribution in [3.8, 4) is 11.3 Å². The van der Waals surface area contributed by atoms with Crippen LogP contribution in [0.4, 0.5) is 20.3 Å². The number of carbonyl (C=O) groups is 1. The summed E-state index contributed by atoms with van der Waals surface area (Å²) in [6.07, 6.45) is 6.18. The first kappa shape index (κ1) is 20.3. The third kappa shape index (κ3) is 3.47. The molecule has 1 aliphatic carbocycles. The van der Waals surface area contributed by atoms with Gasteiger partial charge in [0.2, 0.25) is 5.91 Å². The van der Waals surface area contributed by atoms with Gasteiger partial charge in [0, 0.05) is 23.8 Å². The van der Waals surface area contributed by atoms with Gasteiger partial charge < -0.3 is 19.8 Å². The van der Waals surface area contributed by atoms with Gasteiger partial charge in [-0.15, -0.1) is 0 Å². The average Bonchev–Trinajstić information content (AvgIpc) is 3.22. The average molecular weight is 474 g/mol. The van der Waals surface area contributed by atoms with Crippen LogP contribution in [0.15, 0.2) is 24.8 Å². The maximum Gasteiger partial charge on any atom is 0.231 e. The van der Waals surface area contributed by atoms with Crippen molar-refractivity contribution in [3.05, 3.63) is 35.6 Å². The van der Waals surface area contributed by atoms with Crippen LogP contribution in [-0.4, -0.2) is 55.9 Å². The van der Waals surface area contributed by atoms with Gasteiger partial charge in [0.25, 0.3) is 0 Å². The number of alkyl halides is 1. The Bertz CT molecular complexity index is 1400. The molecule has 2 fully saturated rings. The van der Waals surface area contributed by atoms with E-state index in [-0.39, 0.29) is 29.0 Å². The van der Waals surface area contributed by atoms with Gasteiger partial charge in [0.15, 0.2) is 17.3 Å². The van der Waals surface area contributed by atoms with Crippen LogP contribution < -0.4 is 10.6 Å². The summed E-state index contributed by atoms with van der Waals surface area (Å²) in [7, 11) is 0. The predicted octanol–water partition coefficient (Wildman–Crippen LogP) is 3.56. The number of imidazole rings is 1. The summed E-state index contributed by atoms with van der Waals surface area (Å²) in [5.74, 6) is -1.36. The smallest absolute Gasteiger partial charge is 0.231 e. The summed E-state index contributed by atoms with van der Waals surface area (Å²) in [5.41, 5.74) is 1.96. The monoisotopic (exact) mass is 473 g/mol. The van der Waals surface area contributed by atoms with Crippen LogP contribution in [0.25, 0.3) is 27.8 Å². The lowest BCUT2D eigenvalue weighted by Gasteiger charge is -2.16. The second-order valence-corrected chi connectivity index (χ2v) is 8.63. The third-order valence-electron chi connectivity index (χ3n) is 5.97. The van der Waals surface area contributed by atoms with Crippen molar-refractivity contribution in [1.82, 2.24) is 24.6 Å². The number of hydrogen-bond acceptors (Lipinski definition) is 6. The maximum absolute atomic E-state index is 15.4. The number of aromatic nitrogens is 5. The molecule has 0 bridgehead atoms. The highest BCUT2D eigenvalue weighted by molar-refractivity contribution is 6.35. The van der Waals surface area contributed by atoms with Gasteiger partial charge in [-0.1, -0.05) is 11.6 Å². The third-order valence-corrected chi connectivity index (χ3v) is 6.32. The molecule has 1 aromatic carbocycles. The lowest BCUT2D eigenvalue weighted by molar-refractivity contribution is -0.117. The molecule has 0 spiro atoms. The number of halogens is 3. The largest absolute Gasteiger partial charge is 0.379 e. The standard InChI is InChI=1S/C21H18ClF2N7O2/c22-17-16(11-4-26-30-19(11)20(18(17)24)27-9-1-2-33-8-9)13-6-31-7-14(28-15(31)5-25-13)29-21(32)10-3-12(10)23/h4-7,9-10,12,27H,1-3,8H2,(H,26,30)(H,29,32)/t9?,10-,12+/m1/s1. The number of hydrogen-bond donors (Lipinski definition) is 3. The molecule has 1 unspecified atom stereocenters. The Morgan fingerprint density at radius 1 is 1.33 bits per heavy atom. The van der Waals surface area contributed by atoms with Crippen molar-refractivity contribution in [3.63, 3.8) is 0 Å². The molecule has 3 aromatic heterocycles. The van der Waals surface area contributed by atoms with E-state index in [2.05, 4.69) is 30.8 Å². The van der Waals surface area contributed by atoms with Gasteiger partial charge in [0.05, 0.1) is 59.1 Å². The number of ether oxygens (including phenoxy) is 1. The Labute approximate surface area is 190 Å². The van der Waals surface area contributed by atoms with Crippen LogP contribution in [0, 0.1) is 11.7 Å². The van der Waals surface area contributed by atoms with E-state index in [1.807, 2.05) is 0 Å². The molecule has 2 aliphatic rings. The zero-order valence-electron chi connectivity index (χ0n) is 17.1. The molecular formula is C21H18ClF2N7O2. The maximum atomic E-state index is 15.4. The van der Waals surface area contributed by atoms with Crippen molar-refractivity contribution in [1.29, 1.82) is 0 Å². The number of amides is 1. The Hall–Kier alpha value is -3.31. The van der Waals surface area contributed by atoms with Gasteiger partial charge in [0.1, 0.15) is 6.17 Å². The summed E-state index contributed by atoms with van der Waals surface area (Å²) in [6, 6.07) is -0.0229. The number of anilines is 2. The first-order chi connectivity index (χ1) is 16.0. The molecule has 3 N–H and O–H groups in total. The second-order valence-electron chi connectivity index (χ2n) is 8.25. The molecule has 170 valence electrons. The summed E-state index contributed by atoms with van der Waals surface area (Å²) < 4.78 is 35.5. The number of nitrogens with zero attached hydrogens (tertiary/aromatic N) is 4. The fourth-order valence-electron chi connectivity index (χ4n) is 4.09. The minimum atomic E-state index is -1.09. The van der Waals surface area contributed by atoms with Crippen LogP contribution in [-0.2, 0) is 9.53 Å². The molecular weight excluding hydrogens is 456 g/mol. The first-order valence-electron chi connectivity index (χ1n) is 10.5. The van der Waals surface area contributed by atoms with Crippen molar-refractivity contribution >= 4 is 45.6 Å². The minimum absolute atomic E-state index is 0.0229. The minimum Gasteiger partial charge on any atom is -0.379 e. The summed E-state index contributed by atoms with van der Waals surface area (Å²) in [4.78, 5) is 20.7. The lowest BCUT2D eigenvalue weighted by Crippen LogP contribution is -2.20. The van der Waals surface area contributed by atoms with Gasteiger partial charge >= 0.3 is 0 Å². The Morgan fingerprint density at radius 3 is 2.94 bits per heavy atom. The van der Waals surface area contributed by atoms with E-state index >= 15 is 4.39 Å². The zero-order valence-corrected chi connectivity index (χ0v) is 17.9. The van der Waals surface area contributed by atoms with Crippen LogP contribution >= 0.6 is 11.6 Å². The Kier molecular flexibility index (Phi) is 4.70. The van der Waals surface area contributed by atoms with Gasteiger partial charge in [-0.25, -0.2) is 13.8 Å². The Balaban J connectivity index is 1.38. The summed E-state index contributed by atoms with van der Waals surface area (Å²) in [6.45, 7) is 1.10. The molecule has 0 radical (unpaired) electrons. The topological polar surface area (TPSA) is 109 Å². The molecule has 6 rings (SSSR count). The zero-order chi connectivity index (χ0) is 22.7. The highest BCUT2D eigenvalue weighted by atomic mass is 35.5. The molecule has 3 atom stereocenters. The normalized spacial score (nSPS) is 22.2. The second kappa shape index (κ2) is 7.63. The lowest BCUT2D eigenvalue weighted by atomic mass is 10.0. The molecule has 33 heavy (non-hydrogen) atoms. The van der Waals surface area contributed by atoms with Gasteiger partial charge in [-0.3, -0.25) is 14.9 Å². The molecule has 1 saturated heterocycles. The number of aromatic amines is 1. The predicted molar refractivity (Wildman–Crippen MR) is 118 cm³/mol. The highest BCUT2D eigenvalue weighted by Gasteiger charge is 2.43. The number of fused-ring (bicyclic) bond motifs is 2. The quantitative estimate of drug-likeness (QED) is 0.409. The number of benzene rings is 1. The van der Waals surface area contributed by atoms with Gasteiger partial charge in [-0.2, -0.15) is 5.10 Å². The van der Waals surface area contributed by atoms with E-state index < -0.39 is 23.8 Å². The summed E-state index contributed by atoms with van der Waals surface area (Å²) >= 11 is 6.49. The van der Waals surface area contributed by atoms with E-state index in [0.29, 0.717) is 41.0 Å². The molecule has 1 saturated carbocycles. The van der Waals surface area contributed by atoms with Crippen LogP contribution in [0.5, 0.6) is 0 Å². The molecule has 9 nitrogen and oxygen atoms in total. The van der Waals surface area contributed by atoms with Crippen molar-refractivity contribution in [2.75, 3.05) is 23.8 Å². The number of carbonyl (C=O) groups excluding carboxylic acids is 1. The van der Waals surface area contributed by atoms with E-state index in [1.54, 1.807) is 23.0 Å². The fraction of sp³-hybridized carbons (Fsp3) is 0.333. The van der Waals surface area contributed by atoms with E-state index in [9.17, 15) is 9.18 Å². The van der Waals surface area contributed by atoms with Crippen LogP contribution in [0.2, 0.25) is 5.02 Å². The van der Waals surface area contributed by atoms with Crippen LogP contribution in [0.3, 0.4) is 0 Å². The van der Waals surface area contributed by atoms with Crippen molar-refractivity contribution < 1.29 is 18.3 Å². The number of H-pyrrole nitrogens is 1. The molecule has 12 heteroatoms. The van der Waals surface area contributed by atoms with Gasteiger partial charge in [-0.05, 0) is 12.8 Å². The number of rotatable bonds is 5. The van der Waals surface area contributed by atoms with E-state index in [0.717, 1.165) is 6.42 Å². The van der Waals surface area contributed by atoms with E-state index in [1.165, 1.54) is 6.20 Å². The number of nitrogens with one attached hydrogen (secondary N) is 3.